The summed E-state index contributed by atoms with van der Waals surface area (Å²) in [7, 11) is 0. The summed E-state index contributed by atoms with van der Waals surface area (Å²) < 4.78 is 5.72. The van der Waals surface area contributed by atoms with Gasteiger partial charge in [0.25, 0.3) is 5.78 Å². The molecule has 4 rings (SSSR count). The van der Waals surface area contributed by atoms with E-state index in [2.05, 4.69) is 0 Å². The van der Waals surface area contributed by atoms with E-state index in [1.54, 1.807) is 0 Å². The Morgan fingerprint density at radius 1 is 1.07 bits per heavy atom. The minimum Gasteiger partial charge on any atom is -0.475 e. The van der Waals surface area contributed by atoms with Crippen LogP contribution in [0.25, 0.3) is 0 Å². The summed E-state index contributed by atoms with van der Waals surface area (Å²) >= 11 is 0. The van der Waals surface area contributed by atoms with Crippen LogP contribution in [0.15, 0.2) is 60.7 Å². The average Bonchev–Trinajstić information content (AvgIpc) is 3.36. The zero-order valence-electron chi connectivity index (χ0n) is 15.4. The molecule has 2 fully saturated rings. The van der Waals surface area contributed by atoms with E-state index < -0.39 is 35.5 Å². The third-order valence-electron chi connectivity index (χ3n) is 5.84. The number of carboxylic acid groups (broad SMARTS) is 1. The molecule has 1 aliphatic carbocycles. The monoisotopic (exact) mass is 379 g/mol. The molecule has 2 aromatic carbocycles. The lowest BCUT2D eigenvalue weighted by Gasteiger charge is -2.32. The first-order chi connectivity index (χ1) is 13.5. The van der Waals surface area contributed by atoms with E-state index in [-0.39, 0.29) is 5.92 Å². The van der Waals surface area contributed by atoms with Gasteiger partial charge in [0.1, 0.15) is 11.6 Å². The van der Waals surface area contributed by atoms with E-state index in [1.807, 2.05) is 67.6 Å². The quantitative estimate of drug-likeness (QED) is 0.773. The van der Waals surface area contributed by atoms with Gasteiger partial charge in [-0.25, -0.2) is 9.59 Å². The highest BCUT2D eigenvalue weighted by atomic mass is 16.6. The summed E-state index contributed by atoms with van der Waals surface area (Å²) in [6.45, 7) is 1.90. The predicted octanol–water partition coefficient (Wildman–Crippen LogP) is 3.74. The maximum absolute atomic E-state index is 13.0. The first-order valence-electron chi connectivity index (χ1n) is 9.38. The summed E-state index contributed by atoms with van der Waals surface area (Å²) in [5.41, 5.74) is 0.266. The molecule has 6 heteroatoms. The molecule has 0 bridgehead atoms. The van der Waals surface area contributed by atoms with Crippen LogP contribution in [0.2, 0.25) is 0 Å². The van der Waals surface area contributed by atoms with Gasteiger partial charge in [-0.15, -0.1) is 0 Å². The molecule has 0 aromatic heterocycles. The van der Waals surface area contributed by atoms with Gasteiger partial charge in [-0.1, -0.05) is 74.0 Å². The van der Waals surface area contributed by atoms with Crippen molar-refractivity contribution < 1.29 is 24.2 Å². The highest BCUT2D eigenvalue weighted by Crippen LogP contribution is 2.58. The number of amides is 1. The molecule has 1 amide bonds. The Kier molecular flexibility index (Phi) is 4.41. The van der Waals surface area contributed by atoms with Crippen molar-refractivity contribution in [2.24, 2.45) is 5.92 Å². The molecule has 1 saturated carbocycles. The number of cyclic esters (lactones) is 1. The summed E-state index contributed by atoms with van der Waals surface area (Å²) in [6.07, 6.45) is -0.310. The van der Waals surface area contributed by atoms with E-state index in [1.165, 1.54) is 4.90 Å². The number of carboxylic acids is 1. The van der Waals surface area contributed by atoms with Crippen molar-refractivity contribution in [3.05, 3.63) is 71.8 Å². The summed E-state index contributed by atoms with van der Waals surface area (Å²) in [5.74, 6) is -2.64. The molecule has 1 N–H and O–H groups in total. The molecular formula is C22H21NO5. The number of Topliss-reactive ketones (excluding diaryl/α,β-unsaturated/α-hetero) is 1. The maximum atomic E-state index is 13.0. The van der Waals surface area contributed by atoms with Crippen LogP contribution in [-0.2, 0) is 14.3 Å². The van der Waals surface area contributed by atoms with Gasteiger partial charge in [0.15, 0.2) is 6.10 Å². The van der Waals surface area contributed by atoms with E-state index in [0.717, 1.165) is 11.1 Å². The van der Waals surface area contributed by atoms with Crippen molar-refractivity contribution in [3.63, 3.8) is 0 Å². The van der Waals surface area contributed by atoms with Gasteiger partial charge in [0, 0.05) is 0 Å². The molecule has 1 saturated heterocycles. The molecule has 0 unspecified atom stereocenters. The van der Waals surface area contributed by atoms with Crippen molar-refractivity contribution in [1.29, 1.82) is 0 Å². The second-order valence-corrected chi connectivity index (χ2v) is 7.31. The van der Waals surface area contributed by atoms with Crippen LogP contribution in [0.1, 0.15) is 43.0 Å². The van der Waals surface area contributed by atoms with E-state index in [9.17, 15) is 19.5 Å². The first kappa shape index (κ1) is 18.2. The molecule has 0 spiro atoms. The fourth-order valence-electron chi connectivity index (χ4n) is 4.42. The number of benzene rings is 2. The molecule has 144 valence electrons. The number of ether oxygens (including phenoxy) is 1. The zero-order chi connectivity index (χ0) is 19.9. The number of carbonyl (C=O) groups is 3. The third kappa shape index (κ3) is 2.68. The van der Waals surface area contributed by atoms with Crippen LogP contribution >= 0.6 is 0 Å². The van der Waals surface area contributed by atoms with E-state index >= 15 is 0 Å². The Morgan fingerprint density at radius 2 is 1.64 bits per heavy atom. The lowest BCUT2D eigenvalue weighted by molar-refractivity contribution is -0.152. The lowest BCUT2D eigenvalue weighted by atomic mass is 9.92. The SMILES string of the molecule is CC[C@@H]1C[C@@]1(C(=O)C(=O)O)N1C(=O)O[C@@H](c2ccccc2)[C@H]1c1ccccc1. The minimum absolute atomic E-state index is 0.190. The number of hydrogen-bond donors (Lipinski definition) is 1. The van der Waals surface area contributed by atoms with Gasteiger partial charge in [0.2, 0.25) is 0 Å². The summed E-state index contributed by atoms with van der Waals surface area (Å²) in [5, 5.41) is 9.43. The van der Waals surface area contributed by atoms with Crippen LogP contribution in [0, 0.1) is 5.92 Å². The Balaban J connectivity index is 1.84. The van der Waals surface area contributed by atoms with Crippen molar-refractivity contribution in [3.8, 4) is 0 Å². The average molecular weight is 379 g/mol. The number of nitrogens with zero attached hydrogens (tertiary/aromatic N) is 1. The second kappa shape index (κ2) is 6.78. The third-order valence-corrected chi connectivity index (χ3v) is 5.84. The largest absolute Gasteiger partial charge is 0.475 e. The molecule has 4 atom stereocenters. The van der Waals surface area contributed by atoms with Crippen molar-refractivity contribution in [2.45, 2.75) is 37.5 Å². The highest BCUT2D eigenvalue weighted by Gasteiger charge is 2.70. The van der Waals surface area contributed by atoms with Gasteiger partial charge in [-0.05, 0) is 23.5 Å². The lowest BCUT2D eigenvalue weighted by Crippen LogP contribution is -2.49. The molecule has 2 aromatic rings. The van der Waals surface area contributed by atoms with E-state index in [0.29, 0.717) is 12.8 Å². The molecular weight excluding hydrogens is 358 g/mol. The van der Waals surface area contributed by atoms with Gasteiger partial charge in [0.05, 0.1) is 0 Å². The standard InChI is InChI=1S/C22H21NO5/c1-2-16-13-22(16,19(24)20(25)26)23-17(14-9-5-3-6-10-14)18(28-21(23)27)15-11-7-4-8-12-15/h3-12,16-18H,2,13H2,1H3,(H,25,26)/t16-,17-,18+,22-/m1/s1. The van der Waals surface area contributed by atoms with Crippen LogP contribution in [-0.4, -0.2) is 33.4 Å². The summed E-state index contributed by atoms with van der Waals surface area (Å²) in [4.78, 5) is 38.6. The maximum Gasteiger partial charge on any atom is 0.411 e. The van der Waals surface area contributed by atoms with Gasteiger partial charge < -0.3 is 9.84 Å². The van der Waals surface area contributed by atoms with E-state index in [4.69, 9.17) is 4.74 Å². The van der Waals surface area contributed by atoms with Gasteiger partial charge in [-0.3, -0.25) is 9.69 Å². The molecule has 1 heterocycles. The Labute approximate surface area is 162 Å². The minimum atomic E-state index is -1.52. The molecule has 0 radical (unpaired) electrons. The molecule has 2 aliphatic rings. The highest BCUT2D eigenvalue weighted by molar-refractivity contribution is 6.38. The Bertz CT molecular complexity index is 913. The van der Waals surface area contributed by atoms with Crippen molar-refractivity contribution >= 4 is 17.8 Å². The normalized spacial score (nSPS) is 28.7. The fourth-order valence-corrected chi connectivity index (χ4v) is 4.42. The predicted molar refractivity (Wildman–Crippen MR) is 100 cm³/mol. The topological polar surface area (TPSA) is 83.9 Å². The molecule has 1 aliphatic heterocycles. The number of hydrogen-bond acceptors (Lipinski definition) is 4. The van der Waals surface area contributed by atoms with Crippen LogP contribution in [0.4, 0.5) is 4.79 Å². The van der Waals surface area contributed by atoms with Crippen LogP contribution < -0.4 is 0 Å². The molecule has 28 heavy (non-hydrogen) atoms. The number of carbonyl (C=O) groups excluding carboxylic acids is 2. The van der Waals surface area contributed by atoms with Crippen LogP contribution in [0.3, 0.4) is 0 Å². The Hall–Kier alpha value is -3.15. The van der Waals surface area contributed by atoms with Gasteiger partial charge in [-0.2, -0.15) is 0 Å². The van der Waals surface area contributed by atoms with Crippen molar-refractivity contribution in [1.82, 2.24) is 4.90 Å². The van der Waals surface area contributed by atoms with Crippen LogP contribution in [0.5, 0.6) is 0 Å². The number of aliphatic carboxylic acids is 1. The zero-order valence-corrected chi connectivity index (χ0v) is 15.4. The number of ketones is 1. The first-order valence-corrected chi connectivity index (χ1v) is 9.38. The second-order valence-electron chi connectivity index (χ2n) is 7.31. The fraction of sp³-hybridized carbons (Fsp3) is 0.318. The smallest absolute Gasteiger partial charge is 0.411 e. The van der Waals surface area contributed by atoms with Crippen molar-refractivity contribution in [2.75, 3.05) is 0 Å². The Morgan fingerprint density at radius 3 is 2.14 bits per heavy atom. The summed E-state index contributed by atoms with van der Waals surface area (Å²) in [6, 6.07) is 18.1. The molecule has 6 nitrogen and oxygen atoms in total. The van der Waals surface area contributed by atoms with Gasteiger partial charge >= 0.3 is 12.1 Å². The number of rotatable bonds is 6.